The number of benzene rings is 2. The Labute approximate surface area is 168 Å². The molecule has 6 nitrogen and oxygen atoms in total. The lowest BCUT2D eigenvalue weighted by molar-refractivity contribution is 0.0328. The quantitative estimate of drug-likeness (QED) is 0.601. The fourth-order valence-electron chi connectivity index (χ4n) is 3.19. The predicted molar refractivity (Wildman–Crippen MR) is 108 cm³/mol. The van der Waals surface area contributed by atoms with Crippen LogP contribution in [0.5, 0.6) is 0 Å². The molecular formula is C21H21N5OS. The highest BCUT2D eigenvalue weighted by molar-refractivity contribution is 7.98. The highest BCUT2D eigenvalue weighted by Crippen LogP contribution is 2.27. The van der Waals surface area contributed by atoms with Crippen LogP contribution in [0.25, 0.3) is 5.69 Å². The number of nitrogens with zero attached hydrogens (tertiary/aromatic N) is 5. The van der Waals surface area contributed by atoms with Gasteiger partial charge in [0.15, 0.2) is 11.0 Å². The highest BCUT2D eigenvalue weighted by Gasteiger charge is 2.19. The summed E-state index contributed by atoms with van der Waals surface area (Å²) in [7, 11) is 0. The van der Waals surface area contributed by atoms with E-state index < -0.39 is 0 Å². The van der Waals surface area contributed by atoms with Crippen molar-refractivity contribution >= 4 is 11.8 Å². The van der Waals surface area contributed by atoms with Gasteiger partial charge in [0, 0.05) is 24.5 Å². The Morgan fingerprint density at radius 2 is 1.75 bits per heavy atom. The van der Waals surface area contributed by atoms with Gasteiger partial charge in [0.25, 0.3) is 0 Å². The van der Waals surface area contributed by atoms with E-state index in [9.17, 15) is 5.26 Å². The van der Waals surface area contributed by atoms with Crippen LogP contribution in [0, 0.1) is 11.3 Å². The molecular weight excluding hydrogens is 370 g/mol. The number of ether oxygens (including phenoxy) is 1. The van der Waals surface area contributed by atoms with E-state index in [1.807, 2.05) is 42.5 Å². The van der Waals surface area contributed by atoms with Gasteiger partial charge in [-0.3, -0.25) is 9.47 Å². The first-order valence-corrected chi connectivity index (χ1v) is 10.2. The SMILES string of the molecule is N#Cc1ccccc1CSc1nnc(CN2CCOCC2)n1-c1ccccc1. The second kappa shape index (κ2) is 9.02. The molecule has 3 aromatic rings. The molecule has 0 aliphatic carbocycles. The molecule has 1 aliphatic heterocycles. The number of morpholine rings is 1. The van der Waals surface area contributed by atoms with Gasteiger partial charge in [0.05, 0.1) is 31.4 Å². The maximum Gasteiger partial charge on any atom is 0.196 e. The molecule has 0 spiro atoms. The van der Waals surface area contributed by atoms with E-state index in [-0.39, 0.29) is 0 Å². The van der Waals surface area contributed by atoms with Crippen molar-refractivity contribution in [1.29, 1.82) is 5.26 Å². The zero-order chi connectivity index (χ0) is 19.2. The standard InChI is InChI=1S/C21H21N5OS/c22-14-17-6-4-5-7-18(17)16-28-21-24-23-20(15-25-10-12-27-13-11-25)26(21)19-8-2-1-3-9-19/h1-9H,10-13,15-16H2. The largest absolute Gasteiger partial charge is 0.379 e. The van der Waals surface area contributed by atoms with Crippen molar-refractivity contribution in [2.24, 2.45) is 0 Å². The Kier molecular flexibility index (Phi) is 6.02. The van der Waals surface area contributed by atoms with E-state index >= 15 is 0 Å². The maximum absolute atomic E-state index is 9.33. The average molecular weight is 392 g/mol. The number of rotatable bonds is 6. The minimum atomic E-state index is 0.673. The van der Waals surface area contributed by atoms with Crippen molar-refractivity contribution in [3.63, 3.8) is 0 Å². The number of hydrogen-bond acceptors (Lipinski definition) is 6. The van der Waals surface area contributed by atoms with Gasteiger partial charge < -0.3 is 4.74 Å². The van der Waals surface area contributed by atoms with Gasteiger partial charge in [-0.15, -0.1) is 10.2 Å². The molecule has 2 aromatic carbocycles. The van der Waals surface area contributed by atoms with Gasteiger partial charge >= 0.3 is 0 Å². The number of nitriles is 1. The summed E-state index contributed by atoms with van der Waals surface area (Å²) in [4.78, 5) is 2.34. The van der Waals surface area contributed by atoms with E-state index in [0.29, 0.717) is 11.3 Å². The third-order valence-electron chi connectivity index (χ3n) is 4.68. The Bertz CT molecular complexity index is 960. The molecule has 4 rings (SSSR count). The minimum absolute atomic E-state index is 0.673. The van der Waals surface area contributed by atoms with Crippen molar-refractivity contribution in [1.82, 2.24) is 19.7 Å². The van der Waals surface area contributed by atoms with Crippen LogP contribution in [0.2, 0.25) is 0 Å². The lowest BCUT2D eigenvalue weighted by atomic mass is 10.1. The summed E-state index contributed by atoms with van der Waals surface area (Å²) in [5.41, 5.74) is 2.76. The summed E-state index contributed by atoms with van der Waals surface area (Å²) >= 11 is 1.60. The maximum atomic E-state index is 9.33. The van der Waals surface area contributed by atoms with Crippen LogP contribution >= 0.6 is 11.8 Å². The summed E-state index contributed by atoms with van der Waals surface area (Å²) in [6, 6.07) is 20.1. The number of thioether (sulfide) groups is 1. The number of aromatic nitrogens is 3. The molecule has 0 atom stereocenters. The van der Waals surface area contributed by atoms with Crippen LogP contribution in [0.15, 0.2) is 59.8 Å². The lowest BCUT2D eigenvalue weighted by Crippen LogP contribution is -2.36. The molecule has 1 aromatic heterocycles. The van der Waals surface area contributed by atoms with Crippen LogP contribution < -0.4 is 0 Å². The molecule has 0 radical (unpaired) electrons. The van der Waals surface area contributed by atoms with Gasteiger partial charge in [-0.25, -0.2) is 0 Å². The molecule has 0 N–H and O–H groups in total. The summed E-state index contributed by atoms with van der Waals surface area (Å²) in [6.45, 7) is 4.05. The zero-order valence-electron chi connectivity index (χ0n) is 15.5. The van der Waals surface area contributed by atoms with Gasteiger partial charge in [-0.05, 0) is 23.8 Å². The highest BCUT2D eigenvalue weighted by atomic mass is 32.2. The van der Waals surface area contributed by atoms with Crippen LogP contribution in [0.1, 0.15) is 17.0 Å². The molecule has 142 valence electrons. The Morgan fingerprint density at radius 1 is 1.00 bits per heavy atom. The molecule has 1 aliphatic rings. The molecule has 1 fully saturated rings. The summed E-state index contributed by atoms with van der Waals surface area (Å²) in [6.07, 6.45) is 0. The zero-order valence-corrected chi connectivity index (χ0v) is 16.3. The van der Waals surface area contributed by atoms with E-state index in [1.54, 1.807) is 11.8 Å². The summed E-state index contributed by atoms with van der Waals surface area (Å²) in [5, 5.41) is 19.1. The lowest BCUT2D eigenvalue weighted by Gasteiger charge is -2.26. The van der Waals surface area contributed by atoms with Crippen molar-refractivity contribution in [3.8, 4) is 11.8 Å². The van der Waals surface area contributed by atoms with Crippen molar-refractivity contribution in [2.75, 3.05) is 26.3 Å². The molecule has 28 heavy (non-hydrogen) atoms. The smallest absolute Gasteiger partial charge is 0.196 e. The summed E-state index contributed by atoms with van der Waals surface area (Å²) < 4.78 is 7.57. The minimum Gasteiger partial charge on any atom is -0.379 e. The van der Waals surface area contributed by atoms with Crippen molar-refractivity contribution in [3.05, 3.63) is 71.5 Å². The Hall–Kier alpha value is -2.66. The first-order chi connectivity index (χ1) is 13.8. The van der Waals surface area contributed by atoms with Crippen LogP contribution in [-0.4, -0.2) is 46.0 Å². The molecule has 0 amide bonds. The monoisotopic (exact) mass is 391 g/mol. The second-order valence-corrected chi connectivity index (χ2v) is 7.46. The first-order valence-electron chi connectivity index (χ1n) is 9.26. The summed E-state index contributed by atoms with van der Waals surface area (Å²) in [5.74, 6) is 1.59. The van der Waals surface area contributed by atoms with E-state index in [0.717, 1.165) is 55.1 Å². The average Bonchev–Trinajstić information content (AvgIpc) is 3.16. The Balaban J connectivity index is 1.60. The van der Waals surface area contributed by atoms with E-state index in [4.69, 9.17) is 4.74 Å². The fourth-order valence-corrected chi connectivity index (χ4v) is 4.16. The van der Waals surface area contributed by atoms with Gasteiger partial charge in [-0.1, -0.05) is 48.2 Å². The second-order valence-electron chi connectivity index (χ2n) is 6.52. The normalized spacial score (nSPS) is 14.7. The number of hydrogen-bond donors (Lipinski definition) is 0. The van der Waals surface area contributed by atoms with Crippen molar-refractivity contribution in [2.45, 2.75) is 17.5 Å². The number of para-hydroxylation sites is 1. The van der Waals surface area contributed by atoms with Crippen LogP contribution in [0.4, 0.5) is 0 Å². The van der Waals surface area contributed by atoms with Crippen LogP contribution in [-0.2, 0) is 17.0 Å². The predicted octanol–water partition coefficient (Wildman–Crippen LogP) is 3.26. The molecule has 1 saturated heterocycles. The third-order valence-corrected chi connectivity index (χ3v) is 5.66. The van der Waals surface area contributed by atoms with Gasteiger partial charge in [0.1, 0.15) is 0 Å². The van der Waals surface area contributed by atoms with E-state index in [1.165, 1.54) is 0 Å². The topological polar surface area (TPSA) is 67.0 Å². The third kappa shape index (κ3) is 4.25. The van der Waals surface area contributed by atoms with E-state index in [2.05, 4.69) is 37.9 Å². The molecule has 7 heteroatoms. The molecule has 0 saturated carbocycles. The van der Waals surface area contributed by atoms with Gasteiger partial charge in [0.2, 0.25) is 0 Å². The Morgan fingerprint density at radius 3 is 2.54 bits per heavy atom. The molecule has 0 bridgehead atoms. The fraction of sp³-hybridized carbons (Fsp3) is 0.286. The van der Waals surface area contributed by atoms with Crippen LogP contribution in [0.3, 0.4) is 0 Å². The molecule has 0 unspecified atom stereocenters. The first kappa shape index (κ1) is 18.7. The van der Waals surface area contributed by atoms with Gasteiger partial charge in [-0.2, -0.15) is 5.26 Å². The van der Waals surface area contributed by atoms with Crippen molar-refractivity contribution < 1.29 is 4.74 Å². The molecule has 2 heterocycles.